The van der Waals surface area contributed by atoms with Gasteiger partial charge in [0.25, 0.3) is 0 Å². The summed E-state index contributed by atoms with van der Waals surface area (Å²) in [5, 5.41) is 9.68. The average Bonchev–Trinajstić information content (AvgIpc) is 2.98. The molecule has 1 aromatic heterocycles. The van der Waals surface area contributed by atoms with E-state index in [1.54, 1.807) is 6.07 Å². The summed E-state index contributed by atoms with van der Waals surface area (Å²) in [7, 11) is 0. The van der Waals surface area contributed by atoms with Crippen LogP contribution in [-0.4, -0.2) is 36.9 Å². The molecule has 1 amide bonds. The number of aromatic nitrogens is 1. The Morgan fingerprint density at radius 1 is 1.61 bits per heavy atom. The Labute approximate surface area is 106 Å². The molecule has 1 aliphatic heterocycles. The minimum atomic E-state index is 0.0261. The predicted octanol–water partition coefficient (Wildman–Crippen LogP) is 1.08. The highest BCUT2D eigenvalue weighted by Crippen LogP contribution is 2.10. The normalized spacial score (nSPS) is 18.8. The summed E-state index contributed by atoms with van der Waals surface area (Å²) >= 11 is 0. The molecule has 0 radical (unpaired) electrons. The van der Waals surface area contributed by atoms with Gasteiger partial charge in [-0.25, -0.2) is 0 Å². The third kappa shape index (κ3) is 4.03. The number of hydrogen-bond acceptors (Lipinski definition) is 5. The summed E-state index contributed by atoms with van der Waals surface area (Å²) < 4.78 is 10.3. The van der Waals surface area contributed by atoms with Crippen molar-refractivity contribution in [1.82, 2.24) is 10.5 Å². The number of rotatable bonds is 6. The molecule has 0 aromatic carbocycles. The van der Waals surface area contributed by atoms with E-state index in [1.807, 2.05) is 6.92 Å². The quantitative estimate of drug-likeness (QED) is 0.793. The van der Waals surface area contributed by atoms with Crippen LogP contribution in [0.2, 0.25) is 0 Å². The van der Waals surface area contributed by atoms with Crippen molar-refractivity contribution in [1.29, 1.82) is 0 Å². The second kappa shape index (κ2) is 6.39. The molecule has 2 heterocycles. The van der Waals surface area contributed by atoms with Gasteiger partial charge in [0.2, 0.25) is 5.91 Å². The summed E-state index contributed by atoms with van der Waals surface area (Å²) in [5.41, 5.74) is 0. The minimum Gasteiger partial charge on any atom is -0.376 e. The zero-order chi connectivity index (χ0) is 12.8. The first-order chi connectivity index (χ1) is 8.74. The molecule has 1 saturated heterocycles. The number of carbonyl (C=O) groups excluding carboxylic acids is 1. The van der Waals surface area contributed by atoms with E-state index in [1.165, 1.54) is 0 Å². The molecule has 1 aliphatic rings. The molecule has 1 unspecified atom stereocenters. The van der Waals surface area contributed by atoms with E-state index in [9.17, 15) is 4.79 Å². The summed E-state index contributed by atoms with van der Waals surface area (Å²) in [6.07, 6.45) is 2.74. The summed E-state index contributed by atoms with van der Waals surface area (Å²) in [4.78, 5) is 11.5. The molecular formula is C12H19N3O3. The van der Waals surface area contributed by atoms with Gasteiger partial charge in [0.05, 0.1) is 6.10 Å². The molecule has 6 nitrogen and oxygen atoms in total. The van der Waals surface area contributed by atoms with Crippen molar-refractivity contribution in [2.24, 2.45) is 0 Å². The molecule has 2 rings (SSSR count). The largest absolute Gasteiger partial charge is 0.376 e. The SMILES string of the molecule is Cc1cc(NCCC(=O)NCC2CCCO2)no1. The van der Waals surface area contributed by atoms with Crippen molar-refractivity contribution in [2.45, 2.75) is 32.3 Å². The molecule has 1 atom stereocenters. The molecule has 100 valence electrons. The van der Waals surface area contributed by atoms with Crippen LogP contribution in [0.5, 0.6) is 0 Å². The first kappa shape index (κ1) is 12.9. The molecule has 18 heavy (non-hydrogen) atoms. The Hall–Kier alpha value is -1.56. The fourth-order valence-electron chi connectivity index (χ4n) is 1.88. The van der Waals surface area contributed by atoms with E-state index < -0.39 is 0 Å². The standard InChI is InChI=1S/C12H19N3O3/c1-9-7-11(15-18-9)13-5-4-12(16)14-8-10-3-2-6-17-10/h7,10H,2-6,8H2,1H3,(H,13,15)(H,14,16). The van der Waals surface area contributed by atoms with Gasteiger partial charge in [-0.2, -0.15) is 0 Å². The molecule has 6 heteroatoms. The van der Waals surface area contributed by atoms with Crippen LogP contribution >= 0.6 is 0 Å². The number of nitrogens with zero attached hydrogens (tertiary/aromatic N) is 1. The second-order valence-electron chi connectivity index (χ2n) is 4.44. The number of carbonyl (C=O) groups is 1. The number of amides is 1. The third-order valence-corrected chi connectivity index (χ3v) is 2.84. The van der Waals surface area contributed by atoms with Gasteiger partial charge in [-0.05, 0) is 19.8 Å². The van der Waals surface area contributed by atoms with Crippen LogP contribution in [0.15, 0.2) is 10.6 Å². The van der Waals surface area contributed by atoms with Crippen LogP contribution in [0, 0.1) is 6.92 Å². The first-order valence-electron chi connectivity index (χ1n) is 6.29. The van der Waals surface area contributed by atoms with E-state index in [-0.39, 0.29) is 12.0 Å². The van der Waals surface area contributed by atoms with Crippen molar-refractivity contribution in [3.8, 4) is 0 Å². The Morgan fingerprint density at radius 2 is 2.50 bits per heavy atom. The lowest BCUT2D eigenvalue weighted by molar-refractivity contribution is -0.121. The van der Waals surface area contributed by atoms with Crippen LogP contribution in [0.3, 0.4) is 0 Å². The van der Waals surface area contributed by atoms with Crippen LogP contribution < -0.4 is 10.6 Å². The molecule has 2 N–H and O–H groups in total. The smallest absolute Gasteiger partial charge is 0.221 e. The Bertz CT molecular complexity index is 386. The molecule has 0 saturated carbocycles. The average molecular weight is 253 g/mol. The van der Waals surface area contributed by atoms with E-state index in [0.717, 1.165) is 25.2 Å². The van der Waals surface area contributed by atoms with Gasteiger partial charge in [0.1, 0.15) is 5.76 Å². The number of anilines is 1. The van der Waals surface area contributed by atoms with Gasteiger partial charge in [-0.15, -0.1) is 0 Å². The zero-order valence-corrected chi connectivity index (χ0v) is 10.6. The molecule has 0 bridgehead atoms. The predicted molar refractivity (Wildman–Crippen MR) is 66.3 cm³/mol. The van der Waals surface area contributed by atoms with Crippen LogP contribution in [0.4, 0.5) is 5.82 Å². The van der Waals surface area contributed by atoms with Gasteiger partial charge in [-0.1, -0.05) is 5.16 Å². The molecule has 1 fully saturated rings. The Kier molecular flexibility index (Phi) is 4.58. The van der Waals surface area contributed by atoms with Gasteiger partial charge < -0.3 is 19.9 Å². The molecule has 0 spiro atoms. The van der Waals surface area contributed by atoms with Crippen molar-refractivity contribution in [3.63, 3.8) is 0 Å². The maximum Gasteiger partial charge on any atom is 0.221 e. The van der Waals surface area contributed by atoms with Crippen molar-refractivity contribution in [2.75, 3.05) is 25.0 Å². The number of aryl methyl sites for hydroxylation is 1. The van der Waals surface area contributed by atoms with Gasteiger partial charge in [0, 0.05) is 32.2 Å². The molecule has 1 aromatic rings. The Balaban J connectivity index is 1.57. The summed E-state index contributed by atoms with van der Waals surface area (Å²) in [5.74, 6) is 1.44. The van der Waals surface area contributed by atoms with Crippen molar-refractivity contribution < 1.29 is 14.1 Å². The lowest BCUT2D eigenvalue weighted by Crippen LogP contribution is -2.32. The summed E-state index contributed by atoms with van der Waals surface area (Å²) in [6.45, 7) is 3.80. The van der Waals surface area contributed by atoms with Crippen LogP contribution in [0.25, 0.3) is 0 Å². The highest BCUT2D eigenvalue weighted by atomic mass is 16.5. The van der Waals surface area contributed by atoms with Crippen LogP contribution in [0.1, 0.15) is 25.0 Å². The molecular weight excluding hydrogens is 234 g/mol. The minimum absolute atomic E-state index is 0.0261. The van der Waals surface area contributed by atoms with Gasteiger partial charge in [-0.3, -0.25) is 4.79 Å². The fourth-order valence-corrected chi connectivity index (χ4v) is 1.88. The Morgan fingerprint density at radius 3 is 3.17 bits per heavy atom. The number of ether oxygens (including phenoxy) is 1. The monoisotopic (exact) mass is 253 g/mol. The number of hydrogen-bond donors (Lipinski definition) is 2. The number of nitrogens with one attached hydrogen (secondary N) is 2. The van der Waals surface area contributed by atoms with E-state index in [0.29, 0.717) is 25.3 Å². The lowest BCUT2D eigenvalue weighted by Gasteiger charge is -2.10. The van der Waals surface area contributed by atoms with Gasteiger partial charge >= 0.3 is 0 Å². The fraction of sp³-hybridized carbons (Fsp3) is 0.667. The third-order valence-electron chi connectivity index (χ3n) is 2.84. The highest BCUT2D eigenvalue weighted by Gasteiger charge is 2.15. The van der Waals surface area contributed by atoms with E-state index in [4.69, 9.17) is 9.26 Å². The topological polar surface area (TPSA) is 76.4 Å². The maximum atomic E-state index is 11.5. The lowest BCUT2D eigenvalue weighted by atomic mass is 10.2. The second-order valence-corrected chi connectivity index (χ2v) is 4.44. The van der Waals surface area contributed by atoms with E-state index >= 15 is 0 Å². The zero-order valence-electron chi connectivity index (χ0n) is 10.6. The first-order valence-corrected chi connectivity index (χ1v) is 6.29. The highest BCUT2D eigenvalue weighted by molar-refractivity contribution is 5.76. The maximum absolute atomic E-state index is 11.5. The van der Waals surface area contributed by atoms with Crippen molar-refractivity contribution >= 4 is 11.7 Å². The summed E-state index contributed by atoms with van der Waals surface area (Å²) in [6, 6.07) is 1.80. The van der Waals surface area contributed by atoms with E-state index in [2.05, 4.69) is 15.8 Å². The van der Waals surface area contributed by atoms with Crippen molar-refractivity contribution in [3.05, 3.63) is 11.8 Å². The van der Waals surface area contributed by atoms with Gasteiger partial charge in [0.15, 0.2) is 5.82 Å². The molecule has 0 aliphatic carbocycles. The van der Waals surface area contributed by atoms with Crippen LogP contribution in [-0.2, 0) is 9.53 Å².